The van der Waals surface area contributed by atoms with Gasteiger partial charge in [0.25, 0.3) is 0 Å². The molecule has 1 unspecified atom stereocenters. The number of hydrogen-bond acceptors (Lipinski definition) is 6. The highest BCUT2D eigenvalue weighted by molar-refractivity contribution is 5.57. The molecule has 7 heteroatoms. The van der Waals surface area contributed by atoms with Gasteiger partial charge in [0.05, 0.1) is 30.7 Å². The lowest BCUT2D eigenvalue weighted by molar-refractivity contribution is 0.0553. The molecule has 1 atom stereocenters. The summed E-state index contributed by atoms with van der Waals surface area (Å²) >= 11 is 0. The van der Waals surface area contributed by atoms with Gasteiger partial charge in [-0.15, -0.1) is 0 Å². The lowest BCUT2D eigenvalue weighted by Crippen LogP contribution is -2.19. The van der Waals surface area contributed by atoms with Gasteiger partial charge in [-0.25, -0.2) is 14.4 Å². The molecular formula is C24H35FN2O4. The second-order valence-corrected chi connectivity index (χ2v) is 7.51. The van der Waals surface area contributed by atoms with Crippen LogP contribution in [0.1, 0.15) is 58.8 Å². The van der Waals surface area contributed by atoms with Gasteiger partial charge in [0.1, 0.15) is 18.2 Å². The first-order valence-electron chi connectivity index (χ1n) is 11.3. The van der Waals surface area contributed by atoms with Crippen LogP contribution in [-0.4, -0.2) is 47.6 Å². The number of aliphatic hydroxyl groups is 1. The molecule has 1 heterocycles. The van der Waals surface area contributed by atoms with Gasteiger partial charge in [0.15, 0.2) is 11.6 Å². The van der Waals surface area contributed by atoms with E-state index in [9.17, 15) is 9.50 Å². The van der Waals surface area contributed by atoms with Gasteiger partial charge in [-0.05, 0) is 31.4 Å². The third-order valence-electron chi connectivity index (χ3n) is 4.71. The average molecular weight is 435 g/mol. The van der Waals surface area contributed by atoms with Crippen molar-refractivity contribution < 1.29 is 23.7 Å². The molecule has 2 aromatic rings. The third kappa shape index (κ3) is 9.61. The SMILES string of the molecule is CCCCCCCOc1cnc(-c2ccc(OCC(O)CCOCCC)cc2F)nc1. The Morgan fingerprint density at radius 2 is 1.68 bits per heavy atom. The van der Waals surface area contributed by atoms with Crippen molar-refractivity contribution in [2.45, 2.75) is 64.9 Å². The number of aromatic nitrogens is 2. The lowest BCUT2D eigenvalue weighted by atomic mass is 10.2. The Morgan fingerprint density at radius 1 is 0.903 bits per heavy atom. The first kappa shape index (κ1) is 25.0. The second-order valence-electron chi connectivity index (χ2n) is 7.51. The van der Waals surface area contributed by atoms with E-state index in [0.717, 1.165) is 19.3 Å². The van der Waals surface area contributed by atoms with Crippen LogP contribution in [-0.2, 0) is 4.74 Å². The maximum absolute atomic E-state index is 14.5. The zero-order valence-electron chi connectivity index (χ0n) is 18.7. The topological polar surface area (TPSA) is 73.7 Å². The maximum atomic E-state index is 14.5. The summed E-state index contributed by atoms with van der Waals surface area (Å²) in [6.45, 7) is 6.07. The van der Waals surface area contributed by atoms with Gasteiger partial charge < -0.3 is 19.3 Å². The van der Waals surface area contributed by atoms with Crippen LogP contribution in [0.3, 0.4) is 0 Å². The van der Waals surface area contributed by atoms with E-state index < -0.39 is 11.9 Å². The number of rotatable bonds is 16. The van der Waals surface area contributed by atoms with E-state index >= 15 is 0 Å². The number of ether oxygens (including phenoxy) is 3. The van der Waals surface area contributed by atoms with Gasteiger partial charge in [-0.1, -0.05) is 39.5 Å². The number of halogens is 1. The monoisotopic (exact) mass is 434 g/mol. The van der Waals surface area contributed by atoms with E-state index in [-0.39, 0.29) is 18.0 Å². The maximum Gasteiger partial charge on any atom is 0.162 e. The lowest BCUT2D eigenvalue weighted by Gasteiger charge is -2.13. The summed E-state index contributed by atoms with van der Waals surface area (Å²) in [4.78, 5) is 8.44. The molecule has 0 radical (unpaired) electrons. The molecule has 1 aromatic heterocycles. The van der Waals surface area contributed by atoms with E-state index in [2.05, 4.69) is 16.9 Å². The van der Waals surface area contributed by atoms with Gasteiger partial charge in [-0.3, -0.25) is 0 Å². The van der Waals surface area contributed by atoms with Gasteiger partial charge in [-0.2, -0.15) is 0 Å². The van der Waals surface area contributed by atoms with Gasteiger partial charge in [0.2, 0.25) is 0 Å². The van der Waals surface area contributed by atoms with E-state index in [1.54, 1.807) is 24.5 Å². The molecule has 0 amide bonds. The van der Waals surface area contributed by atoms with Crippen molar-refractivity contribution >= 4 is 0 Å². The Morgan fingerprint density at radius 3 is 2.39 bits per heavy atom. The van der Waals surface area contributed by atoms with Crippen molar-refractivity contribution in [2.75, 3.05) is 26.4 Å². The van der Waals surface area contributed by atoms with Crippen molar-refractivity contribution in [1.82, 2.24) is 9.97 Å². The quantitative estimate of drug-likeness (QED) is 0.367. The normalized spacial score (nSPS) is 12.0. The summed E-state index contributed by atoms with van der Waals surface area (Å²) in [5.74, 6) is 0.727. The first-order valence-corrected chi connectivity index (χ1v) is 11.3. The molecule has 0 bridgehead atoms. The highest BCUT2D eigenvalue weighted by Gasteiger charge is 2.11. The summed E-state index contributed by atoms with van der Waals surface area (Å²) in [5.41, 5.74) is 0.284. The van der Waals surface area contributed by atoms with E-state index in [0.29, 0.717) is 37.7 Å². The average Bonchev–Trinajstić information content (AvgIpc) is 2.78. The van der Waals surface area contributed by atoms with Crippen molar-refractivity contribution in [2.24, 2.45) is 0 Å². The van der Waals surface area contributed by atoms with Crippen LogP contribution in [0.2, 0.25) is 0 Å². The van der Waals surface area contributed by atoms with E-state index in [4.69, 9.17) is 14.2 Å². The fraction of sp³-hybridized carbons (Fsp3) is 0.583. The van der Waals surface area contributed by atoms with Crippen molar-refractivity contribution in [3.05, 3.63) is 36.4 Å². The van der Waals surface area contributed by atoms with E-state index in [1.165, 1.54) is 25.3 Å². The Bertz CT molecular complexity index is 743. The highest BCUT2D eigenvalue weighted by Crippen LogP contribution is 2.24. The molecule has 1 aromatic carbocycles. The molecule has 0 fully saturated rings. The number of hydrogen-bond donors (Lipinski definition) is 1. The van der Waals surface area contributed by atoms with Crippen LogP contribution < -0.4 is 9.47 Å². The molecule has 172 valence electrons. The molecule has 0 saturated carbocycles. The zero-order chi connectivity index (χ0) is 22.3. The first-order chi connectivity index (χ1) is 15.1. The smallest absolute Gasteiger partial charge is 0.162 e. The number of nitrogens with zero attached hydrogens (tertiary/aromatic N) is 2. The number of benzene rings is 1. The van der Waals surface area contributed by atoms with E-state index in [1.807, 2.05) is 6.92 Å². The second kappa shape index (κ2) is 14.7. The largest absolute Gasteiger partial charge is 0.491 e. The third-order valence-corrected chi connectivity index (χ3v) is 4.71. The molecule has 2 rings (SSSR count). The molecule has 0 aliphatic heterocycles. The van der Waals surface area contributed by atoms with Gasteiger partial charge in [0, 0.05) is 19.3 Å². The van der Waals surface area contributed by atoms with Crippen LogP contribution >= 0.6 is 0 Å². The van der Waals surface area contributed by atoms with Crippen LogP contribution in [0.5, 0.6) is 11.5 Å². The Labute approximate surface area is 184 Å². The van der Waals surface area contributed by atoms with Crippen molar-refractivity contribution in [3.63, 3.8) is 0 Å². The molecule has 0 saturated heterocycles. The summed E-state index contributed by atoms with van der Waals surface area (Å²) in [5, 5.41) is 9.92. The predicted molar refractivity (Wildman–Crippen MR) is 119 cm³/mol. The Kier molecular flexibility index (Phi) is 11.9. The number of unbranched alkanes of at least 4 members (excludes halogenated alkanes) is 4. The zero-order valence-corrected chi connectivity index (χ0v) is 18.7. The minimum absolute atomic E-state index is 0.0786. The minimum atomic E-state index is -0.665. The molecule has 0 spiro atoms. The van der Waals surface area contributed by atoms with Gasteiger partial charge >= 0.3 is 0 Å². The van der Waals surface area contributed by atoms with Crippen LogP contribution in [0, 0.1) is 5.82 Å². The summed E-state index contributed by atoms with van der Waals surface area (Å²) in [6, 6.07) is 4.49. The molecular weight excluding hydrogens is 399 g/mol. The predicted octanol–water partition coefficient (Wildman–Crippen LogP) is 5.19. The molecule has 1 N–H and O–H groups in total. The Hall–Kier alpha value is -2.25. The number of aliphatic hydroxyl groups excluding tert-OH is 1. The van der Waals surface area contributed by atoms with Crippen molar-refractivity contribution in [1.29, 1.82) is 0 Å². The summed E-state index contributed by atoms with van der Waals surface area (Å²) in [7, 11) is 0. The fourth-order valence-electron chi connectivity index (χ4n) is 2.93. The summed E-state index contributed by atoms with van der Waals surface area (Å²) < 4.78 is 31.0. The minimum Gasteiger partial charge on any atom is -0.491 e. The Balaban J connectivity index is 1.80. The molecule has 6 nitrogen and oxygen atoms in total. The van der Waals surface area contributed by atoms with Crippen LogP contribution in [0.15, 0.2) is 30.6 Å². The standard InChI is InChI=1S/C24H35FN2O4/c1-3-5-6-7-8-13-30-21-16-26-24(27-17-21)22-10-9-20(15-23(22)25)31-18-19(28)11-14-29-12-4-2/h9-10,15-17,19,28H,3-8,11-14,18H2,1-2H3. The fourth-order valence-corrected chi connectivity index (χ4v) is 2.93. The molecule has 0 aliphatic carbocycles. The van der Waals surface area contributed by atoms with Crippen LogP contribution in [0.4, 0.5) is 4.39 Å². The van der Waals surface area contributed by atoms with Crippen LogP contribution in [0.25, 0.3) is 11.4 Å². The molecule has 31 heavy (non-hydrogen) atoms. The van der Waals surface area contributed by atoms with Crippen molar-refractivity contribution in [3.8, 4) is 22.9 Å². The molecule has 0 aliphatic rings. The summed E-state index contributed by atoms with van der Waals surface area (Å²) in [6.07, 6.45) is 9.72. The highest BCUT2D eigenvalue weighted by atomic mass is 19.1.